The molecule has 122 valence electrons. The minimum Gasteiger partial charge on any atom is -0.350 e. The average molecular weight is 344 g/mol. The van der Waals surface area contributed by atoms with Crippen LogP contribution in [0.15, 0.2) is 60.8 Å². The lowest BCUT2D eigenvalue weighted by Gasteiger charge is -2.04. The van der Waals surface area contributed by atoms with Gasteiger partial charge in [-0.15, -0.1) is 0 Å². The van der Waals surface area contributed by atoms with Gasteiger partial charge in [0.15, 0.2) is 5.69 Å². The molecule has 1 N–H and O–H groups in total. The van der Waals surface area contributed by atoms with E-state index in [-0.39, 0.29) is 11.6 Å². The number of carbonyl (C=O) groups is 1. The quantitative estimate of drug-likeness (QED) is 0.769. The largest absolute Gasteiger partial charge is 0.350 e. The monoisotopic (exact) mass is 343 g/mol. The van der Waals surface area contributed by atoms with Crippen LogP contribution < -0.4 is 5.32 Å². The highest BCUT2D eigenvalue weighted by Crippen LogP contribution is 2.12. The zero-order chi connectivity index (χ0) is 16.9. The molecular weight excluding hydrogens is 329 g/mol. The summed E-state index contributed by atoms with van der Waals surface area (Å²) in [5.41, 5.74) is 1.63. The van der Waals surface area contributed by atoms with Crippen molar-refractivity contribution in [3.05, 3.63) is 82.9 Å². The number of hydrogen-bond donors (Lipinski definition) is 1. The van der Waals surface area contributed by atoms with Crippen LogP contribution in [0.4, 0.5) is 4.39 Å². The molecule has 0 fully saturated rings. The maximum absolute atomic E-state index is 13.7. The first-order valence-electron chi connectivity index (χ1n) is 7.47. The summed E-state index contributed by atoms with van der Waals surface area (Å²) < 4.78 is 15.1. The lowest BCUT2D eigenvalue weighted by atomic mass is 10.1. The normalized spacial score (nSPS) is 10.6. The zero-order valence-corrected chi connectivity index (χ0v) is 13.5. The topological polar surface area (TPSA) is 46.9 Å². The number of carbonyl (C=O) groups excluding carboxylic acids is 1. The van der Waals surface area contributed by atoms with Gasteiger partial charge in [0.1, 0.15) is 11.5 Å². The van der Waals surface area contributed by atoms with Crippen LogP contribution in [0.5, 0.6) is 0 Å². The molecule has 0 atom stereocenters. The number of nitrogens with zero attached hydrogens (tertiary/aromatic N) is 2. The van der Waals surface area contributed by atoms with E-state index in [1.54, 1.807) is 30.5 Å². The van der Waals surface area contributed by atoms with Crippen molar-refractivity contribution in [3.8, 4) is 5.69 Å². The third-order valence-corrected chi connectivity index (χ3v) is 3.79. The van der Waals surface area contributed by atoms with Crippen LogP contribution in [0.25, 0.3) is 5.69 Å². The molecule has 2 aromatic carbocycles. The Bertz CT molecular complexity index is 845. The first kappa shape index (κ1) is 16.2. The number of hydrogen-bond acceptors (Lipinski definition) is 2. The maximum atomic E-state index is 13.7. The summed E-state index contributed by atoms with van der Waals surface area (Å²) in [6.07, 6.45) is 2.25. The molecule has 0 spiro atoms. The molecule has 3 aromatic rings. The molecule has 0 bridgehead atoms. The van der Waals surface area contributed by atoms with Crippen molar-refractivity contribution in [3.63, 3.8) is 0 Å². The molecule has 24 heavy (non-hydrogen) atoms. The molecule has 6 heteroatoms. The van der Waals surface area contributed by atoms with Crippen LogP contribution >= 0.6 is 11.6 Å². The lowest BCUT2D eigenvalue weighted by Crippen LogP contribution is -2.26. The second kappa shape index (κ2) is 7.27. The Labute approximate surface area is 143 Å². The first-order chi connectivity index (χ1) is 11.6. The Morgan fingerprint density at radius 1 is 1.12 bits per heavy atom. The molecule has 4 nitrogen and oxygen atoms in total. The van der Waals surface area contributed by atoms with Crippen molar-refractivity contribution in [2.75, 3.05) is 6.54 Å². The molecule has 0 aliphatic rings. The average Bonchev–Trinajstić information content (AvgIpc) is 3.07. The van der Waals surface area contributed by atoms with Crippen molar-refractivity contribution in [2.24, 2.45) is 0 Å². The number of amides is 1. The highest BCUT2D eigenvalue weighted by molar-refractivity contribution is 6.30. The summed E-state index contributed by atoms with van der Waals surface area (Å²) in [4.78, 5) is 12.1. The van der Waals surface area contributed by atoms with Gasteiger partial charge in [-0.3, -0.25) is 4.79 Å². The van der Waals surface area contributed by atoms with Gasteiger partial charge in [-0.2, -0.15) is 5.10 Å². The van der Waals surface area contributed by atoms with E-state index < -0.39 is 5.82 Å². The fourth-order valence-corrected chi connectivity index (χ4v) is 2.40. The number of benzene rings is 2. The van der Waals surface area contributed by atoms with Gasteiger partial charge in [-0.05, 0) is 42.3 Å². The third-order valence-electron chi connectivity index (χ3n) is 3.53. The second-order valence-corrected chi connectivity index (χ2v) is 5.67. The summed E-state index contributed by atoms with van der Waals surface area (Å²) in [6.45, 7) is 0.479. The molecule has 0 unspecified atom stereocenters. The standard InChI is InChI=1S/C18H15ClFN3O/c19-14-7-5-13(6-8-14)9-11-21-18(24)16-10-12-23(22-16)17-4-2-1-3-15(17)20/h1-8,10,12H,9,11H2,(H,21,24). The zero-order valence-electron chi connectivity index (χ0n) is 12.7. The molecule has 3 rings (SSSR count). The lowest BCUT2D eigenvalue weighted by molar-refractivity contribution is 0.0948. The van der Waals surface area contributed by atoms with Crippen molar-refractivity contribution >= 4 is 17.5 Å². The van der Waals surface area contributed by atoms with Gasteiger partial charge in [0, 0.05) is 17.8 Å². The number of rotatable bonds is 5. The maximum Gasteiger partial charge on any atom is 0.271 e. The first-order valence-corrected chi connectivity index (χ1v) is 7.84. The SMILES string of the molecule is O=C(NCCc1ccc(Cl)cc1)c1ccn(-c2ccccc2F)n1. The number of aromatic nitrogens is 2. The number of para-hydroxylation sites is 1. The van der Waals surface area contributed by atoms with Crippen LogP contribution in [-0.4, -0.2) is 22.2 Å². The fourth-order valence-electron chi connectivity index (χ4n) is 2.28. The number of nitrogens with one attached hydrogen (secondary N) is 1. The molecule has 1 heterocycles. The van der Waals surface area contributed by atoms with E-state index >= 15 is 0 Å². The van der Waals surface area contributed by atoms with E-state index in [1.165, 1.54) is 10.7 Å². The second-order valence-electron chi connectivity index (χ2n) is 5.23. The molecule has 0 aliphatic heterocycles. The van der Waals surface area contributed by atoms with E-state index in [1.807, 2.05) is 24.3 Å². The molecule has 1 aromatic heterocycles. The van der Waals surface area contributed by atoms with Gasteiger partial charge in [-0.25, -0.2) is 9.07 Å². The summed E-state index contributed by atoms with van der Waals surface area (Å²) in [7, 11) is 0. The van der Waals surface area contributed by atoms with Gasteiger partial charge in [-0.1, -0.05) is 35.9 Å². The Morgan fingerprint density at radius 2 is 1.88 bits per heavy atom. The van der Waals surface area contributed by atoms with Crippen LogP contribution in [0.1, 0.15) is 16.1 Å². The van der Waals surface area contributed by atoms with Gasteiger partial charge in [0.2, 0.25) is 0 Å². The van der Waals surface area contributed by atoms with E-state index in [0.717, 1.165) is 5.56 Å². The Balaban J connectivity index is 1.60. The van der Waals surface area contributed by atoms with Crippen molar-refractivity contribution in [1.82, 2.24) is 15.1 Å². The smallest absolute Gasteiger partial charge is 0.271 e. The molecule has 0 radical (unpaired) electrons. The Morgan fingerprint density at radius 3 is 2.62 bits per heavy atom. The van der Waals surface area contributed by atoms with Crippen molar-refractivity contribution in [2.45, 2.75) is 6.42 Å². The molecule has 1 amide bonds. The van der Waals surface area contributed by atoms with Crippen LogP contribution in [0.3, 0.4) is 0 Å². The Hall–Kier alpha value is -2.66. The molecule has 0 aliphatic carbocycles. The van der Waals surface area contributed by atoms with Crippen LogP contribution in [0.2, 0.25) is 5.02 Å². The predicted octanol–water partition coefficient (Wildman–Crippen LogP) is 3.64. The fraction of sp³-hybridized carbons (Fsp3) is 0.111. The third kappa shape index (κ3) is 3.81. The van der Waals surface area contributed by atoms with Gasteiger partial charge in [0.05, 0.1) is 0 Å². The molecule has 0 saturated carbocycles. The van der Waals surface area contributed by atoms with E-state index in [0.29, 0.717) is 23.7 Å². The van der Waals surface area contributed by atoms with E-state index in [4.69, 9.17) is 11.6 Å². The van der Waals surface area contributed by atoms with Gasteiger partial charge >= 0.3 is 0 Å². The van der Waals surface area contributed by atoms with E-state index in [9.17, 15) is 9.18 Å². The van der Waals surface area contributed by atoms with Crippen molar-refractivity contribution in [1.29, 1.82) is 0 Å². The van der Waals surface area contributed by atoms with Gasteiger partial charge < -0.3 is 5.32 Å². The highest BCUT2D eigenvalue weighted by Gasteiger charge is 2.11. The summed E-state index contributed by atoms with van der Waals surface area (Å²) in [5.74, 6) is -0.686. The summed E-state index contributed by atoms with van der Waals surface area (Å²) in [5, 5.41) is 7.61. The minimum atomic E-state index is -0.393. The van der Waals surface area contributed by atoms with Crippen molar-refractivity contribution < 1.29 is 9.18 Å². The Kier molecular flexibility index (Phi) is 4.91. The van der Waals surface area contributed by atoms with Gasteiger partial charge in [0.25, 0.3) is 5.91 Å². The van der Waals surface area contributed by atoms with Crippen LogP contribution in [0, 0.1) is 5.82 Å². The van der Waals surface area contributed by atoms with E-state index in [2.05, 4.69) is 10.4 Å². The summed E-state index contributed by atoms with van der Waals surface area (Å²) >= 11 is 5.83. The molecule has 0 saturated heterocycles. The van der Waals surface area contributed by atoms with Crippen LogP contribution in [-0.2, 0) is 6.42 Å². The predicted molar refractivity (Wildman–Crippen MR) is 91.0 cm³/mol. The highest BCUT2D eigenvalue weighted by atomic mass is 35.5. The minimum absolute atomic E-state index is 0.245. The number of halogens is 2. The molecular formula is C18H15ClFN3O. The summed E-state index contributed by atoms with van der Waals surface area (Å²) in [6, 6.07) is 15.3.